The van der Waals surface area contributed by atoms with Crippen LogP contribution >= 0.6 is 0 Å². The van der Waals surface area contributed by atoms with Crippen LogP contribution in [0.15, 0.2) is 39.5 Å². The SMILES string of the molecule is CC(C)C(=O)OCCOCCOCCOc1cc2ccccc2oc1=O. The summed E-state index contributed by atoms with van der Waals surface area (Å²) in [4.78, 5) is 23.0. The van der Waals surface area contributed by atoms with Gasteiger partial charge in [0.15, 0.2) is 0 Å². The minimum absolute atomic E-state index is 0.136. The van der Waals surface area contributed by atoms with Crippen LogP contribution in [-0.2, 0) is 19.0 Å². The third-order valence-corrected chi connectivity index (χ3v) is 3.41. The Morgan fingerprint density at radius 1 is 1.00 bits per heavy atom. The van der Waals surface area contributed by atoms with Gasteiger partial charge in [0.25, 0.3) is 0 Å². The molecule has 0 saturated carbocycles. The number of rotatable bonds is 11. The average Bonchev–Trinajstić information content (AvgIpc) is 2.63. The molecule has 0 saturated heterocycles. The molecule has 0 N–H and O–H groups in total. The van der Waals surface area contributed by atoms with Crippen molar-refractivity contribution < 1.29 is 28.2 Å². The van der Waals surface area contributed by atoms with Gasteiger partial charge in [0.05, 0.1) is 32.3 Å². The molecule has 0 spiro atoms. The molecule has 0 aliphatic rings. The maximum absolute atomic E-state index is 11.8. The lowest BCUT2D eigenvalue weighted by Gasteiger charge is -2.09. The first-order valence-electron chi connectivity index (χ1n) is 8.55. The van der Waals surface area contributed by atoms with Crippen molar-refractivity contribution in [3.63, 3.8) is 0 Å². The third-order valence-electron chi connectivity index (χ3n) is 3.41. The zero-order chi connectivity index (χ0) is 18.8. The highest BCUT2D eigenvalue weighted by Crippen LogP contribution is 2.16. The predicted molar refractivity (Wildman–Crippen MR) is 95.4 cm³/mol. The summed E-state index contributed by atoms with van der Waals surface area (Å²) in [5.74, 6) is -0.209. The first-order valence-corrected chi connectivity index (χ1v) is 8.55. The molecule has 7 nitrogen and oxygen atoms in total. The second-order valence-corrected chi connectivity index (χ2v) is 5.83. The quantitative estimate of drug-likeness (QED) is 0.344. The van der Waals surface area contributed by atoms with Gasteiger partial charge in [-0.2, -0.15) is 0 Å². The highest BCUT2D eigenvalue weighted by Gasteiger charge is 2.07. The Balaban J connectivity index is 1.55. The Kier molecular flexibility index (Phi) is 8.11. The summed E-state index contributed by atoms with van der Waals surface area (Å²) < 4.78 is 26.2. The number of esters is 1. The van der Waals surface area contributed by atoms with Crippen molar-refractivity contribution in [1.82, 2.24) is 0 Å². The summed E-state index contributed by atoms with van der Waals surface area (Å²) in [6.07, 6.45) is 0. The largest absolute Gasteiger partial charge is 0.484 e. The van der Waals surface area contributed by atoms with E-state index in [0.717, 1.165) is 5.39 Å². The second-order valence-electron chi connectivity index (χ2n) is 5.83. The summed E-state index contributed by atoms with van der Waals surface area (Å²) in [6, 6.07) is 8.89. The molecule has 2 rings (SSSR count). The fourth-order valence-corrected chi connectivity index (χ4v) is 2.04. The van der Waals surface area contributed by atoms with Gasteiger partial charge in [-0.15, -0.1) is 0 Å². The fraction of sp³-hybridized carbons (Fsp3) is 0.474. The molecule has 0 aliphatic carbocycles. The standard InChI is InChI=1S/C19H24O7/c1-14(2)18(20)25-12-10-23-8-7-22-9-11-24-17-13-15-5-3-4-6-16(15)26-19(17)21/h3-6,13-14H,7-12H2,1-2H3. The van der Waals surface area contributed by atoms with Gasteiger partial charge in [0.2, 0.25) is 5.75 Å². The summed E-state index contributed by atoms with van der Waals surface area (Å²) in [5.41, 5.74) is 0.0142. The monoisotopic (exact) mass is 364 g/mol. The first-order chi connectivity index (χ1) is 12.6. The molecule has 0 atom stereocenters. The lowest BCUT2D eigenvalue weighted by Crippen LogP contribution is -2.17. The smallest absolute Gasteiger partial charge is 0.379 e. The van der Waals surface area contributed by atoms with Gasteiger partial charge in [0, 0.05) is 5.39 Å². The number of carbonyl (C=O) groups is 1. The highest BCUT2D eigenvalue weighted by atomic mass is 16.6. The molecular weight excluding hydrogens is 340 g/mol. The summed E-state index contributed by atoms with van der Waals surface area (Å²) >= 11 is 0. The van der Waals surface area contributed by atoms with Crippen LogP contribution in [0.3, 0.4) is 0 Å². The molecule has 0 bridgehead atoms. The summed E-state index contributed by atoms with van der Waals surface area (Å²) in [7, 11) is 0. The van der Waals surface area contributed by atoms with Gasteiger partial charge in [0.1, 0.15) is 18.8 Å². The molecule has 2 aromatic rings. The molecule has 1 aromatic carbocycles. The number of ether oxygens (including phenoxy) is 4. The van der Waals surface area contributed by atoms with E-state index in [1.165, 1.54) is 0 Å². The predicted octanol–water partition coefficient (Wildman–Crippen LogP) is 2.40. The molecule has 0 unspecified atom stereocenters. The van der Waals surface area contributed by atoms with Gasteiger partial charge in [-0.3, -0.25) is 4.79 Å². The van der Waals surface area contributed by atoms with Crippen molar-refractivity contribution in [3.05, 3.63) is 40.8 Å². The van der Waals surface area contributed by atoms with Crippen molar-refractivity contribution >= 4 is 16.9 Å². The fourth-order valence-electron chi connectivity index (χ4n) is 2.04. The van der Waals surface area contributed by atoms with Crippen LogP contribution in [0.5, 0.6) is 5.75 Å². The molecule has 142 valence electrons. The van der Waals surface area contributed by atoms with E-state index in [4.69, 9.17) is 23.4 Å². The van der Waals surface area contributed by atoms with Crippen LogP contribution in [0.4, 0.5) is 0 Å². The van der Waals surface area contributed by atoms with Crippen molar-refractivity contribution in [2.75, 3.05) is 39.6 Å². The topological polar surface area (TPSA) is 84.2 Å². The van der Waals surface area contributed by atoms with E-state index in [9.17, 15) is 9.59 Å². The van der Waals surface area contributed by atoms with Gasteiger partial charge >= 0.3 is 11.6 Å². The molecule has 7 heteroatoms. The van der Waals surface area contributed by atoms with Gasteiger partial charge in [-0.25, -0.2) is 4.79 Å². The van der Waals surface area contributed by atoms with E-state index < -0.39 is 5.63 Å². The van der Waals surface area contributed by atoms with Crippen LogP contribution in [0.25, 0.3) is 11.0 Å². The average molecular weight is 364 g/mol. The number of benzene rings is 1. The van der Waals surface area contributed by atoms with Crippen LogP contribution in [0, 0.1) is 5.92 Å². The summed E-state index contributed by atoms with van der Waals surface area (Å²) in [5, 5.41) is 0.801. The lowest BCUT2D eigenvalue weighted by molar-refractivity contribution is -0.149. The van der Waals surface area contributed by atoms with E-state index >= 15 is 0 Å². The van der Waals surface area contributed by atoms with Gasteiger partial charge < -0.3 is 23.4 Å². The number of carbonyl (C=O) groups excluding carboxylic acids is 1. The van der Waals surface area contributed by atoms with Crippen molar-refractivity contribution in [2.24, 2.45) is 5.92 Å². The van der Waals surface area contributed by atoms with Crippen LogP contribution < -0.4 is 10.4 Å². The number of hydrogen-bond acceptors (Lipinski definition) is 7. The van der Waals surface area contributed by atoms with Crippen molar-refractivity contribution in [2.45, 2.75) is 13.8 Å². The molecule has 1 aromatic heterocycles. The van der Waals surface area contributed by atoms with Gasteiger partial charge in [-0.05, 0) is 12.1 Å². The minimum atomic E-state index is -0.511. The number of fused-ring (bicyclic) bond motifs is 1. The Morgan fingerprint density at radius 2 is 1.65 bits per heavy atom. The van der Waals surface area contributed by atoms with Gasteiger partial charge in [-0.1, -0.05) is 32.0 Å². The van der Waals surface area contributed by atoms with E-state index in [0.29, 0.717) is 32.0 Å². The minimum Gasteiger partial charge on any atom is -0.484 e. The maximum atomic E-state index is 11.8. The molecule has 0 fully saturated rings. The molecule has 0 amide bonds. The van der Waals surface area contributed by atoms with Crippen LogP contribution in [-0.4, -0.2) is 45.6 Å². The van der Waals surface area contributed by atoms with Crippen molar-refractivity contribution in [1.29, 1.82) is 0 Å². The summed E-state index contributed by atoms with van der Waals surface area (Å²) in [6.45, 7) is 5.44. The van der Waals surface area contributed by atoms with Crippen LogP contribution in [0.1, 0.15) is 13.8 Å². The molecule has 26 heavy (non-hydrogen) atoms. The van der Waals surface area contributed by atoms with Crippen LogP contribution in [0.2, 0.25) is 0 Å². The van der Waals surface area contributed by atoms with E-state index in [1.54, 1.807) is 32.0 Å². The first kappa shape index (κ1) is 19.9. The highest BCUT2D eigenvalue weighted by molar-refractivity contribution is 5.77. The van der Waals surface area contributed by atoms with E-state index in [2.05, 4.69) is 0 Å². The molecule has 0 aliphatic heterocycles. The van der Waals surface area contributed by atoms with E-state index in [1.807, 2.05) is 12.1 Å². The maximum Gasteiger partial charge on any atom is 0.379 e. The third kappa shape index (κ3) is 6.50. The Hall–Kier alpha value is -2.38. The Bertz CT molecular complexity index is 751. The van der Waals surface area contributed by atoms with Crippen molar-refractivity contribution in [3.8, 4) is 5.75 Å². The van der Waals surface area contributed by atoms with E-state index in [-0.39, 0.29) is 30.9 Å². The molecule has 0 radical (unpaired) electrons. The Morgan fingerprint density at radius 3 is 2.38 bits per heavy atom. The zero-order valence-corrected chi connectivity index (χ0v) is 15.1. The zero-order valence-electron chi connectivity index (χ0n) is 15.1. The Labute approximate surface area is 151 Å². The second kappa shape index (κ2) is 10.6. The normalized spacial score (nSPS) is 11.0. The lowest BCUT2D eigenvalue weighted by atomic mass is 10.2. The number of hydrogen-bond donors (Lipinski definition) is 0. The molecular formula is C19H24O7. The number of para-hydroxylation sites is 1. The molecule has 1 heterocycles.